The molecule has 0 heterocycles. The van der Waals surface area contributed by atoms with Crippen molar-refractivity contribution < 1.29 is 14.6 Å². The molecule has 3 unspecified atom stereocenters. The van der Waals surface area contributed by atoms with Gasteiger partial charge < -0.3 is 9.84 Å². The van der Waals surface area contributed by atoms with Gasteiger partial charge in [-0.15, -0.1) is 0 Å². The lowest BCUT2D eigenvalue weighted by Gasteiger charge is -2.36. The lowest BCUT2D eigenvalue weighted by molar-refractivity contribution is -0.153. The van der Waals surface area contributed by atoms with Crippen molar-refractivity contribution in [2.45, 2.75) is 46.5 Å². The largest absolute Gasteiger partial charge is 0.463 e. The minimum atomic E-state index is -0.104. The first-order valence-electron chi connectivity index (χ1n) is 6.87. The molecule has 1 aliphatic rings. The van der Waals surface area contributed by atoms with Crippen LogP contribution in [0, 0.1) is 23.7 Å². The molecule has 3 atom stereocenters. The van der Waals surface area contributed by atoms with Crippen molar-refractivity contribution in [2.75, 3.05) is 13.2 Å². The number of aliphatic hydroxyl groups excluding tert-OH is 1. The first-order valence-corrected chi connectivity index (χ1v) is 6.87. The second kappa shape index (κ2) is 7.00. The summed E-state index contributed by atoms with van der Waals surface area (Å²) in [7, 11) is 0. The SMILES string of the molecule is CCC1CC(C(C)C)CCC1C(=O)OCCO. The molecule has 0 saturated heterocycles. The van der Waals surface area contributed by atoms with Crippen LogP contribution in [0.15, 0.2) is 0 Å². The van der Waals surface area contributed by atoms with Gasteiger partial charge in [-0.3, -0.25) is 4.79 Å². The predicted molar refractivity (Wildman–Crippen MR) is 67.5 cm³/mol. The minimum Gasteiger partial charge on any atom is -0.463 e. The van der Waals surface area contributed by atoms with E-state index in [0.717, 1.165) is 31.6 Å². The summed E-state index contributed by atoms with van der Waals surface area (Å²) in [6.07, 6.45) is 4.27. The lowest BCUT2D eigenvalue weighted by Crippen LogP contribution is -2.33. The van der Waals surface area contributed by atoms with Crippen LogP contribution in [0.2, 0.25) is 0 Å². The van der Waals surface area contributed by atoms with Gasteiger partial charge in [0.25, 0.3) is 0 Å². The van der Waals surface area contributed by atoms with E-state index in [2.05, 4.69) is 20.8 Å². The van der Waals surface area contributed by atoms with Gasteiger partial charge in [0.1, 0.15) is 6.61 Å². The summed E-state index contributed by atoms with van der Waals surface area (Å²) in [6, 6.07) is 0. The van der Waals surface area contributed by atoms with E-state index in [0.29, 0.717) is 11.8 Å². The Balaban J connectivity index is 2.53. The molecule has 3 heteroatoms. The van der Waals surface area contributed by atoms with E-state index in [1.165, 1.54) is 0 Å². The predicted octanol–water partition coefficient (Wildman–Crippen LogP) is 2.62. The molecule has 0 radical (unpaired) electrons. The Labute approximate surface area is 105 Å². The highest BCUT2D eigenvalue weighted by atomic mass is 16.5. The molecule has 1 fully saturated rings. The third-order valence-corrected chi connectivity index (χ3v) is 4.13. The average Bonchev–Trinajstić information content (AvgIpc) is 2.34. The Morgan fingerprint density at radius 1 is 1.41 bits per heavy atom. The smallest absolute Gasteiger partial charge is 0.309 e. The number of ether oxygens (including phenoxy) is 1. The minimum absolute atomic E-state index is 0.0570. The van der Waals surface area contributed by atoms with Crippen molar-refractivity contribution in [1.82, 2.24) is 0 Å². The van der Waals surface area contributed by atoms with E-state index < -0.39 is 0 Å². The molecular weight excluding hydrogens is 216 g/mol. The molecule has 1 aliphatic carbocycles. The average molecular weight is 242 g/mol. The van der Waals surface area contributed by atoms with Gasteiger partial charge in [0, 0.05) is 0 Å². The Morgan fingerprint density at radius 2 is 2.12 bits per heavy atom. The summed E-state index contributed by atoms with van der Waals surface area (Å²) in [5.41, 5.74) is 0. The second-order valence-electron chi connectivity index (χ2n) is 5.48. The number of hydrogen-bond acceptors (Lipinski definition) is 3. The number of carbonyl (C=O) groups excluding carboxylic acids is 1. The number of rotatable bonds is 5. The summed E-state index contributed by atoms with van der Waals surface area (Å²) in [6.45, 7) is 6.74. The molecule has 100 valence electrons. The maximum atomic E-state index is 11.9. The van der Waals surface area contributed by atoms with Gasteiger partial charge in [-0.05, 0) is 37.0 Å². The van der Waals surface area contributed by atoms with E-state index >= 15 is 0 Å². The molecular formula is C14H26O3. The standard InChI is InChI=1S/C14H26O3/c1-4-11-9-12(10(2)3)5-6-13(11)14(16)17-8-7-15/h10-13,15H,4-9H2,1-3H3. The molecule has 17 heavy (non-hydrogen) atoms. The molecule has 0 spiro atoms. The highest BCUT2D eigenvalue weighted by Crippen LogP contribution is 2.39. The fourth-order valence-electron chi connectivity index (χ4n) is 2.92. The highest BCUT2D eigenvalue weighted by Gasteiger charge is 2.35. The molecule has 0 aliphatic heterocycles. The first-order chi connectivity index (χ1) is 8.10. The summed E-state index contributed by atoms with van der Waals surface area (Å²) in [5.74, 6) is 1.87. The van der Waals surface area contributed by atoms with Crippen LogP contribution in [0.3, 0.4) is 0 Å². The lowest BCUT2D eigenvalue weighted by atomic mass is 9.70. The Hall–Kier alpha value is -0.570. The molecule has 0 aromatic rings. The third-order valence-electron chi connectivity index (χ3n) is 4.13. The van der Waals surface area contributed by atoms with Crippen molar-refractivity contribution in [2.24, 2.45) is 23.7 Å². The topological polar surface area (TPSA) is 46.5 Å². The quantitative estimate of drug-likeness (QED) is 0.754. The zero-order valence-electron chi connectivity index (χ0n) is 11.3. The van der Waals surface area contributed by atoms with Gasteiger partial charge in [0.2, 0.25) is 0 Å². The van der Waals surface area contributed by atoms with E-state index in [1.807, 2.05) is 0 Å². The maximum absolute atomic E-state index is 11.9. The van der Waals surface area contributed by atoms with Crippen LogP contribution in [0.5, 0.6) is 0 Å². The van der Waals surface area contributed by atoms with Crippen LogP contribution < -0.4 is 0 Å². The van der Waals surface area contributed by atoms with Gasteiger partial charge in [-0.2, -0.15) is 0 Å². The Kier molecular flexibility index (Phi) is 5.96. The van der Waals surface area contributed by atoms with Gasteiger partial charge in [-0.25, -0.2) is 0 Å². The van der Waals surface area contributed by atoms with Crippen LogP contribution in [0.4, 0.5) is 0 Å². The van der Waals surface area contributed by atoms with E-state index in [-0.39, 0.29) is 25.1 Å². The monoisotopic (exact) mass is 242 g/mol. The van der Waals surface area contributed by atoms with E-state index in [4.69, 9.17) is 9.84 Å². The zero-order chi connectivity index (χ0) is 12.8. The third kappa shape index (κ3) is 3.98. The zero-order valence-corrected chi connectivity index (χ0v) is 11.3. The van der Waals surface area contributed by atoms with Gasteiger partial charge in [-0.1, -0.05) is 27.2 Å². The van der Waals surface area contributed by atoms with Crippen molar-refractivity contribution in [1.29, 1.82) is 0 Å². The van der Waals surface area contributed by atoms with Crippen molar-refractivity contribution in [3.63, 3.8) is 0 Å². The first kappa shape index (κ1) is 14.5. The van der Waals surface area contributed by atoms with Gasteiger partial charge in [0.15, 0.2) is 0 Å². The van der Waals surface area contributed by atoms with Gasteiger partial charge in [0.05, 0.1) is 12.5 Å². The van der Waals surface area contributed by atoms with Crippen LogP contribution in [0.25, 0.3) is 0 Å². The van der Waals surface area contributed by atoms with Crippen molar-refractivity contribution in [3.05, 3.63) is 0 Å². The molecule has 1 N–H and O–H groups in total. The summed E-state index contributed by atoms with van der Waals surface area (Å²) >= 11 is 0. The van der Waals surface area contributed by atoms with Crippen LogP contribution in [-0.4, -0.2) is 24.3 Å². The van der Waals surface area contributed by atoms with Crippen LogP contribution in [-0.2, 0) is 9.53 Å². The van der Waals surface area contributed by atoms with E-state index in [1.54, 1.807) is 0 Å². The molecule has 1 rings (SSSR count). The molecule has 0 aromatic heterocycles. The van der Waals surface area contributed by atoms with E-state index in [9.17, 15) is 4.79 Å². The van der Waals surface area contributed by atoms with Crippen LogP contribution >= 0.6 is 0 Å². The maximum Gasteiger partial charge on any atom is 0.309 e. The molecule has 0 bridgehead atoms. The van der Waals surface area contributed by atoms with Crippen molar-refractivity contribution >= 4 is 5.97 Å². The normalized spacial score (nSPS) is 29.4. The molecule has 0 amide bonds. The fourth-order valence-corrected chi connectivity index (χ4v) is 2.92. The number of esters is 1. The number of aliphatic hydroxyl groups is 1. The summed E-state index contributed by atoms with van der Waals surface area (Å²) < 4.78 is 5.07. The summed E-state index contributed by atoms with van der Waals surface area (Å²) in [4.78, 5) is 11.9. The number of hydrogen-bond donors (Lipinski definition) is 1. The van der Waals surface area contributed by atoms with Crippen molar-refractivity contribution in [3.8, 4) is 0 Å². The Bertz CT molecular complexity index is 238. The molecule has 0 aromatic carbocycles. The molecule has 1 saturated carbocycles. The highest BCUT2D eigenvalue weighted by molar-refractivity contribution is 5.72. The fraction of sp³-hybridized carbons (Fsp3) is 0.929. The number of carbonyl (C=O) groups is 1. The second-order valence-corrected chi connectivity index (χ2v) is 5.48. The summed E-state index contributed by atoms with van der Waals surface area (Å²) in [5, 5.41) is 8.67. The Morgan fingerprint density at radius 3 is 2.65 bits per heavy atom. The van der Waals surface area contributed by atoms with Gasteiger partial charge >= 0.3 is 5.97 Å². The molecule has 3 nitrogen and oxygen atoms in total. The van der Waals surface area contributed by atoms with Crippen LogP contribution in [0.1, 0.15) is 46.5 Å².